The van der Waals surface area contributed by atoms with Crippen LogP contribution in [0.2, 0.25) is 0 Å². The SMILES string of the molecule is CN1CCN(c2ncnc3c2cnn3-c2ccccc2F)CCC1=O. The summed E-state index contributed by atoms with van der Waals surface area (Å²) in [6.45, 7) is 1.89. The van der Waals surface area contributed by atoms with Crippen molar-refractivity contribution in [3.8, 4) is 5.69 Å². The Labute approximate surface area is 143 Å². The van der Waals surface area contributed by atoms with E-state index in [0.717, 1.165) is 11.2 Å². The molecule has 0 aliphatic carbocycles. The average Bonchev–Trinajstić information content (AvgIpc) is 2.98. The molecule has 0 saturated carbocycles. The second-order valence-corrected chi connectivity index (χ2v) is 5.99. The molecule has 128 valence electrons. The molecule has 8 heteroatoms. The van der Waals surface area contributed by atoms with E-state index in [1.165, 1.54) is 17.1 Å². The summed E-state index contributed by atoms with van der Waals surface area (Å²) in [5.74, 6) is 0.472. The van der Waals surface area contributed by atoms with E-state index >= 15 is 0 Å². The van der Waals surface area contributed by atoms with Gasteiger partial charge < -0.3 is 9.80 Å². The van der Waals surface area contributed by atoms with Crippen LogP contribution in [0.25, 0.3) is 16.7 Å². The highest BCUT2D eigenvalue weighted by Crippen LogP contribution is 2.26. The van der Waals surface area contributed by atoms with Gasteiger partial charge in [0.1, 0.15) is 23.6 Å². The fourth-order valence-electron chi connectivity index (χ4n) is 3.02. The summed E-state index contributed by atoms with van der Waals surface area (Å²) in [4.78, 5) is 24.3. The van der Waals surface area contributed by atoms with Gasteiger partial charge in [0.2, 0.25) is 5.91 Å². The molecular weight excluding hydrogens is 323 g/mol. The Kier molecular flexibility index (Phi) is 3.79. The molecule has 0 bridgehead atoms. The van der Waals surface area contributed by atoms with Crippen molar-refractivity contribution in [2.45, 2.75) is 6.42 Å². The number of carbonyl (C=O) groups is 1. The van der Waals surface area contributed by atoms with Gasteiger partial charge in [-0.05, 0) is 12.1 Å². The van der Waals surface area contributed by atoms with Gasteiger partial charge in [0, 0.05) is 33.1 Å². The molecule has 0 atom stereocenters. The number of hydrogen-bond donors (Lipinski definition) is 0. The number of carbonyl (C=O) groups excluding carboxylic acids is 1. The van der Waals surface area contributed by atoms with Crippen LogP contribution in [-0.4, -0.2) is 57.2 Å². The molecule has 2 aromatic heterocycles. The molecule has 7 nitrogen and oxygen atoms in total. The summed E-state index contributed by atoms with van der Waals surface area (Å²) in [5.41, 5.74) is 0.881. The first-order chi connectivity index (χ1) is 12.1. The monoisotopic (exact) mass is 340 g/mol. The molecule has 0 unspecified atom stereocenters. The molecule has 1 saturated heterocycles. The zero-order chi connectivity index (χ0) is 17.4. The van der Waals surface area contributed by atoms with Crippen LogP contribution >= 0.6 is 0 Å². The highest BCUT2D eigenvalue weighted by Gasteiger charge is 2.22. The average molecular weight is 340 g/mol. The minimum atomic E-state index is -0.366. The van der Waals surface area contributed by atoms with Crippen LogP contribution in [-0.2, 0) is 4.79 Å². The van der Waals surface area contributed by atoms with Gasteiger partial charge in [0.25, 0.3) is 0 Å². The van der Waals surface area contributed by atoms with E-state index in [0.29, 0.717) is 37.4 Å². The second kappa shape index (κ2) is 6.12. The standard InChI is InChI=1S/C17H17FN6O/c1-22-8-9-23(7-6-15(22)25)16-12-10-21-24(17(12)20-11-19-16)14-5-3-2-4-13(14)18/h2-5,10-11H,6-9H2,1H3. The summed E-state index contributed by atoms with van der Waals surface area (Å²) in [5, 5.41) is 5.04. The van der Waals surface area contributed by atoms with Crippen LogP contribution in [0, 0.1) is 5.82 Å². The number of para-hydroxylation sites is 1. The number of nitrogens with zero attached hydrogens (tertiary/aromatic N) is 6. The van der Waals surface area contributed by atoms with E-state index in [2.05, 4.69) is 20.0 Å². The van der Waals surface area contributed by atoms with Crippen LogP contribution in [0.3, 0.4) is 0 Å². The maximum Gasteiger partial charge on any atom is 0.224 e. The summed E-state index contributed by atoms with van der Waals surface area (Å²) in [7, 11) is 1.80. The number of rotatable bonds is 2. The molecule has 1 aliphatic rings. The summed E-state index contributed by atoms with van der Waals surface area (Å²) in [6.07, 6.45) is 3.53. The van der Waals surface area contributed by atoms with E-state index in [1.807, 2.05) is 0 Å². The van der Waals surface area contributed by atoms with Gasteiger partial charge in [-0.1, -0.05) is 12.1 Å². The molecule has 0 N–H and O–H groups in total. The Hall–Kier alpha value is -3.03. The van der Waals surface area contributed by atoms with E-state index in [9.17, 15) is 9.18 Å². The van der Waals surface area contributed by atoms with Gasteiger partial charge in [-0.3, -0.25) is 4.79 Å². The Morgan fingerprint density at radius 2 is 1.96 bits per heavy atom. The molecule has 0 radical (unpaired) electrons. The zero-order valence-corrected chi connectivity index (χ0v) is 13.8. The van der Waals surface area contributed by atoms with Crippen molar-refractivity contribution in [3.63, 3.8) is 0 Å². The Balaban J connectivity index is 1.77. The van der Waals surface area contributed by atoms with Crippen LogP contribution < -0.4 is 4.90 Å². The lowest BCUT2D eigenvalue weighted by atomic mass is 10.3. The molecule has 1 fully saturated rings. The topological polar surface area (TPSA) is 67.2 Å². The predicted molar refractivity (Wildman–Crippen MR) is 91.1 cm³/mol. The first kappa shape index (κ1) is 15.5. The van der Waals surface area contributed by atoms with Gasteiger partial charge >= 0.3 is 0 Å². The molecule has 0 spiro atoms. The summed E-state index contributed by atoms with van der Waals surface area (Å²) >= 11 is 0. The maximum absolute atomic E-state index is 14.1. The number of fused-ring (bicyclic) bond motifs is 1. The molecule has 1 aromatic carbocycles. The van der Waals surface area contributed by atoms with E-state index in [-0.39, 0.29) is 11.7 Å². The summed E-state index contributed by atoms with van der Waals surface area (Å²) in [6, 6.07) is 6.43. The van der Waals surface area contributed by atoms with Gasteiger partial charge in [0.05, 0.1) is 11.6 Å². The Morgan fingerprint density at radius 3 is 2.80 bits per heavy atom. The van der Waals surface area contributed by atoms with Crippen molar-refractivity contribution in [1.82, 2.24) is 24.6 Å². The van der Waals surface area contributed by atoms with E-state index in [1.54, 1.807) is 36.3 Å². The third kappa shape index (κ3) is 2.69. The number of likely N-dealkylation sites (N-methyl/N-ethyl adjacent to an activating group) is 1. The number of amides is 1. The second-order valence-electron chi connectivity index (χ2n) is 5.99. The lowest BCUT2D eigenvalue weighted by Gasteiger charge is -2.21. The minimum absolute atomic E-state index is 0.120. The Bertz CT molecular complexity index is 940. The van der Waals surface area contributed by atoms with Crippen LogP contribution in [0.1, 0.15) is 6.42 Å². The highest BCUT2D eigenvalue weighted by molar-refractivity contribution is 5.88. The van der Waals surface area contributed by atoms with Gasteiger partial charge in [-0.15, -0.1) is 0 Å². The number of benzene rings is 1. The first-order valence-corrected chi connectivity index (χ1v) is 8.07. The summed E-state index contributed by atoms with van der Waals surface area (Å²) < 4.78 is 15.6. The van der Waals surface area contributed by atoms with Crippen LogP contribution in [0.4, 0.5) is 10.2 Å². The van der Waals surface area contributed by atoms with Gasteiger partial charge in [0.15, 0.2) is 5.65 Å². The van der Waals surface area contributed by atoms with Crippen LogP contribution in [0.5, 0.6) is 0 Å². The number of anilines is 1. The Morgan fingerprint density at radius 1 is 1.12 bits per heavy atom. The van der Waals surface area contributed by atoms with Gasteiger partial charge in [-0.2, -0.15) is 5.10 Å². The van der Waals surface area contributed by atoms with Crippen molar-refractivity contribution in [1.29, 1.82) is 0 Å². The molecule has 25 heavy (non-hydrogen) atoms. The third-order valence-corrected chi connectivity index (χ3v) is 4.45. The molecule has 3 aromatic rings. The molecule has 1 amide bonds. The van der Waals surface area contributed by atoms with Crippen LogP contribution in [0.15, 0.2) is 36.8 Å². The van der Waals surface area contributed by atoms with Crippen molar-refractivity contribution in [2.24, 2.45) is 0 Å². The fraction of sp³-hybridized carbons (Fsp3) is 0.294. The van der Waals surface area contributed by atoms with Crippen molar-refractivity contribution in [2.75, 3.05) is 31.6 Å². The predicted octanol–water partition coefficient (Wildman–Crippen LogP) is 1.62. The molecule has 1 aliphatic heterocycles. The van der Waals surface area contributed by atoms with Crippen molar-refractivity contribution < 1.29 is 9.18 Å². The minimum Gasteiger partial charge on any atom is -0.354 e. The zero-order valence-electron chi connectivity index (χ0n) is 13.8. The third-order valence-electron chi connectivity index (χ3n) is 4.45. The number of hydrogen-bond acceptors (Lipinski definition) is 5. The fourth-order valence-corrected chi connectivity index (χ4v) is 3.02. The lowest BCUT2D eigenvalue weighted by molar-refractivity contribution is -0.129. The smallest absolute Gasteiger partial charge is 0.224 e. The largest absolute Gasteiger partial charge is 0.354 e. The molecular formula is C17H17FN6O. The van der Waals surface area contributed by atoms with Crippen molar-refractivity contribution in [3.05, 3.63) is 42.6 Å². The van der Waals surface area contributed by atoms with E-state index < -0.39 is 0 Å². The number of halogens is 1. The van der Waals surface area contributed by atoms with Crippen molar-refractivity contribution >= 4 is 22.8 Å². The highest BCUT2D eigenvalue weighted by atomic mass is 19.1. The lowest BCUT2D eigenvalue weighted by Crippen LogP contribution is -2.30. The quantitative estimate of drug-likeness (QED) is 0.709. The maximum atomic E-state index is 14.1. The normalized spacial score (nSPS) is 15.7. The first-order valence-electron chi connectivity index (χ1n) is 8.07. The molecule has 3 heterocycles. The number of aromatic nitrogens is 4. The van der Waals surface area contributed by atoms with E-state index in [4.69, 9.17) is 0 Å². The molecule has 4 rings (SSSR count). The van der Waals surface area contributed by atoms with Gasteiger partial charge in [-0.25, -0.2) is 19.0 Å².